The van der Waals surface area contributed by atoms with E-state index in [4.69, 9.17) is 4.74 Å². The molecular formula is C18H34F3N5O2. The second-order valence-electron chi connectivity index (χ2n) is 7.97. The Hall–Kier alpha value is -1.10. The molecule has 2 aliphatic rings. The number of alkyl halides is 3. The lowest BCUT2D eigenvalue weighted by molar-refractivity contribution is -0.143. The molecule has 28 heavy (non-hydrogen) atoms. The molecule has 3 N–H and O–H groups in total. The van der Waals surface area contributed by atoms with Gasteiger partial charge in [0.1, 0.15) is 0 Å². The van der Waals surface area contributed by atoms with Crippen molar-refractivity contribution in [3.8, 4) is 0 Å². The molecular weight excluding hydrogens is 375 g/mol. The fourth-order valence-electron chi connectivity index (χ4n) is 3.60. The zero-order valence-electron chi connectivity index (χ0n) is 16.9. The van der Waals surface area contributed by atoms with E-state index >= 15 is 0 Å². The minimum absolute atomic E-state index is 0.153. The summed E-state index contributed by atoms with van der Waals surface area (Å²) in [4.78, 5) is 8.09. The first-order valence-electron chi connectivity index (χ1n) is 10.0. The van der Waals surface area contributed by atoms with E-state index < -0.39 is 18.3 Å². The monoisotopic (exact) mass is 409 g/mol. The van der Waals surface area contributed by atoms with E-state index in [0.717, 1.165) is 19.5 Å². The molecule has 2 fully saturated rings. The van der Waals surface area contributed by atoms with Gasteiger partial charge in [-0.1, -0.05) is 0 Å². The Balaban J connectivity index is 1.78. The molecule has 2 aliphatic heterocycles. The van der Waals surface area contributed by atoms with E-state index in [0.29, 0.717) is 51.9 Å². The minimum Gasteiger partial charge on any atom is -0.387 e. The maximum atomic E-state index is 12.5. The smallest absolute Gasteiger partial charge is 0.387 e. The summed E-state index contributed by atoms with van der Waals surface area (Å²) in [6.07, 6.45) is -3.41. The summed E-state index contributed by atoms with van der Waals surface area (Å²) in [5.41, 5.74) is -0.962. The molecule has 2 atom stereocenters. The van der Waals surface area contributed by atoms with E-state index in [1.54, 1.807) is 6.92 Å². The fraction of sp³-hybridized carbons (Fsp3) is 0.944. The van der Waals surface area contributed by atoms with Crippen molar-refractivity contribution in [2.24, 2.45) is 10.9 Å². The van der Waals surface area contributed by atoms with Crippen LogP contribution in [0.4, 0.5) is 13.2 Å². The lowest BCUT2D eigenvalue weighted by atomic mass is 10.1. The highest BCUT2D eigenvalue weighted by Gasteiger charge is 2.34. The maximum absolute atomic E-state index is 12.5. The van der Waals surface area contributed by atoms with Crippen LogP contribution in [0.25, 0.3) is 0 Å². The zero-order chi connectivity index (χ0) is 20.6. The van der Waals surface area contributed by atoms with Crippen LogP contribution in [0, 0.1) is 5.92 Å². The Morgan fingerprint density at radius 1 is 1.14 bits per heavy atom. The van der Waals surface area contributed by atoms with Gasteiger partial charge in [-0.25, -0.2) is 0 Å². The predicted molar refractivity (Wildman–Crippen MR) is 102 cm³/mol. The van der Waals surface area contributed by atoms with E-state index in [1.807, 2.05) is 6.92 Å². The van der Waals surface area contributed by atoms with E-state index in [9.17, 15) is 18.3 Å². The van der Waals surface area contributed by atoms with Gasteiger partial charge in [-0.15, -0.1) is 0 Å². The van der Waals surface area contributed by atoms with Crippen molar-refractivity contribution >= 4 is 5.96 Å². The molecule has 2 unspecified atom stereocenters. The Morgan fingerprint density at radius 2 is 1.86 bits per heavy atom. The van der Waals surface area contributed by atoms with Crippen molar-refractivity contribution in [1.29, 1.82) is 0 Å². The van der Waals surface area contributed by atoms with Crippen molar-refractivity contribution in [2.75, 3.05) is 72.1 Å². The van der Waals surface area contributed by atoms with Crippen LogP contribution in [0.3, 0.4) is 0 Å². The van der Waals surface area contributed by atoms with Crippen molar-refractivity contribution in [1.82, 2.24) is 20.4 Å². The first-order valence-corrected chi connectivity index (χ1v) is 10.0. The van der Waals surface area contributed by atoms with Crippen LogP contribution in [-0.4, -0.2) is 105 Å². The lowest BCUT2D eigenvalue weighted by Gasteiger charge is -2.33. The van der Waals surface area contributed by atoms with E-state index in [2.05, 4.69) is 20.5 Å². The third kappa shape index (κ3) is 8.93. The average molecular weight is 409 g/mol. The molecule has 0 radical (unpaired) electrons. The zero-order valence-corrected chi connectivity index (χ0v) is 16.9. The highest BCUT2D eigenvalue weighted by atomic mass is 19.4. The van der Waals surface area contributed by atoms with Gasteiger partial charge in [0.15, 0.2) is 5.96 Å². The van der Waals surface area contributed by atoms with Gasteiger partial charge in [-0.05, 0) is 32.7 Å². The van der Waals surface area contributed by atoms with Crippen molar-refractivity contribution in [2.45, 2.75) is 32.0 Å². The lowest BCUT2D eigenvalue weighted by Crippen LogP contribution is -2.48. The van der Waals surface area contributed by atoms with Crippen molar-refractivity contribution in [3.05, 3.63) is 0 Å². The summed E-state index contributed by atoms with van der Waals surface area (Å²) in [5, 5.41) is 17.0. The number of nitrogens with one attached hydrogen (secondary N) is 2. The number of guanidine groups is 1. The molecule has 0 spiro atoms. The van der Waals surface area contributed by atoms with Crippen LogP contribution < -0.4 is 10.6 Å². The third-order valence-electron chi connectivity index (χ3n) is 4.92. The number of morpholine rings is 1. The molecule has 0 amide bonds. The summed E-state index contributed by atoms with van der Waals surface area (Å²) in [7, 11) is 0. The minimum atomic E-state index is -4.15. The number of halogens is 3. The van der Waals surface area contributed by atoms with Crippen LogP contribution >= 0.6 is 0 Å². The van der Waals surface area contributed by atoms with Gasteiger partial charge in [-0.3, -0.25) is 14.8 Å². The molecule has 0 aromatic heterocycles. The average Bonchev–Trinajstić information content (AvgIpc) is 3.03. The fourth-order valence-corrected chi connectivity index (χ4v) is 3.60. The van der Waals surface area contributed by atoms with Crippen molar-refractivity contribution in [3.63, 3.8) is 0 Å². The molecule has 0 aromatic rings. The molecule has 0 bridgehead atoms. The maximum Gasteiger partial charge on any atom is 0.401 e. The van der Waals surface area contributed by atoms with Crippen LogP contribution in [0.5, 0.6) is 0 Å². The van der Waals surface area contributed by atoms with Crippen molar-refractivity contribution < 1.29 is 23.0 Å². The first kappa shape index (κ1) is 23.2. The summed E-state index contributed by atoms with van der Waals surface area (Å²) >= 11 is 0. The molecule has 2 rings (SSSR count). The Morgan fingerprint density at radius 3 is 2.50 bits per heavy atom. The molecule has 10 heteroatoms. The van der Waals surface area contributed by atoms with Crippen LogP contribution in [0.15, 0.2) is 4.99 Å². The topological polar surface area (TPSA) is 72.4 Å². The summed E-state index contributed by atoms with van der Waals surface area (Å²) in [6, 6.07) is 0. The number of hydrogen-bond acceptors (Lipinski definition) is 5. The van der Waals surface area contributed by atoms with Crippen LogP contribution in [0.1, 0.15) is 20.3 Å². The second kappa shape index (κ2) is 10.6. The molecule has 2 heterocycles. The van der Waals surface area contributed by atoms with Gasteiger partial charge in [0.05, 0.1) is 31.9 Å². The molecule has 0 aromatic carbocycles. The predicted octanol–water partition coefficient (Wildman–Crippen LogP) is 0.509. The number of β-amino-alcohol motifs (C(OH)–C–C–N with tert-alkyl or cyclic N) is 1. The Labute approximate surface area is 165 Å². The van der Waals surface area contributed by atoms with Gasteiger partial charge in [0, 0.05) is 39.3 Å². The van der Waals surface area contributed by atoms with Crippen LogP contribution in [-0.2, 0) is 4.74 Å². The van der Waals surface area contributed by atoms with Gasteiger partial charge in [0.25, 0.3) is 0 Å². The van der Waals surface area contributed by atoms with E-state index in [-0.39, 0.29) is 12.5 Å². The van der Waals surface area contributed by atoms with Gasteiger partial charge >= 0.3 is 6.18 Å². The largest absolute Gasteiger partial charge is 0.401 e. The van der Waals surface area contributed by atoms with Crippen LogP contribution in [0.2, 0.25) is 0 Å². The highest BCUT2D eigenvalue weighted by Crippen LogP contribution is 2.22. The van der Waals surface area contributed by atoms with Gasteiger partial charge in [0.2, 0.25) is 0 Å². The Kier molecular flexibility index (Phi) is 8.79. The number of hydrogen-bond donors (Lipinski definition) is 3. The molecule has 164 valence electrons. The summed E-state index contributed by atoms with van der Waals surface area (Å²) in [5.74, 6) is 0.735. The Bertz CT molecular complexity index is 496. The van der Waals surface area contributed by atoms with Gasteiger partial charge in [-0.2, -0.15) is 13.2 Å². The highest BCUT2D eigenvalue weighted by molar-refractivity contribution is 5.79. The number of aliphatic hydroxyl groups is 1. The number of nitrogens with zero attached hydrogens (tertiary/aromatic N) is 3. The molecule has 0 aliphatic carbocycles. The van der Waals surface area contributed by atoms with Gasteiger partial charge < -0.3 is 20.5 Å². The summed E-state index contributed by atoms with van der Waals surface area (Å²) in [6.45, 7) is 8.71. The molecule has 2 saturated heterocycles. The number of ether oxygens (including phenoxy) is 1. The van der Waals surface area contributed by atoms with E-state index in [1.165, 1.54) is 4.90 Å². The second-order valence-corrected chi connectivity index (χ2v) is 7.97. The third-order valence-corrected chi connectivity index (χ3v) is 4.92. The quantitative estimate of drug-likeness (QED) is 0.401. The molecule has 0 saturated carbocycles. The number of rotatable bonds is 8. The molecule has 7 nitrogen and oxygen atoms in total. The standard InChI is InChI=1S/C18H34F3N5O2/c1-3-22-16(23-10-15-4-5-26(11-15)14-18(19,20)21)24-12-17(2,27)13-25-6-8-28-9-7-25/h15,27H,3-14H2,1-2H3,(H2,22,23,24). The first-order chi connectivity index (χ1) is 13.2. The number of likely N-dealkylation sites (tertiary alicyclic amines) is 1. The number of aliphatic imine (C=N–C) groups is 1. The normalized spacial score (nSPS) is 24.9. The summed E-state index contributed by atoms with van der Waals surface area (Å²) < 4.78 is 42.8. The SMILES string of the molecule is CCNC(=NCC(C)(O)CN1CCOCC1)NCC1CCN(CC(F)(F)F)C1.